The molecule has 31 heavy (non-hydrogen) atoms. The summed E-state index contributed by atoms with van der Waals surface area (Å²) in [6.07, 6.45) is 5.45. The summed E-state index contributed by atoms with van der Waals surface area (Å²) in [5, 5.41) is 3.60. The van der Waals surface area contributed by atoms with Crippen LogP contribution in [0, 0.1) is 0 Å². The lowest BCUT2D eigenvalue weighted by atomic mass is 10.0. The summed E-state index contributed by atoms with van der Waals surface area (Å²) in [5.41, 5.74) is 4.07. The monoisotopic (exact) mass is 433 g/mol. The first-order chi connectivity index (χ1) is 15.3. The van der Waals surface area contributed by atoms with Gasteiger partial charge in [0.25, 0.3) is 0 Å². The van der Waals surface area contributed by atoms with Gasteiger partial charge in [-0.15, -0.1) is 11.3 Å². The molecule has 0 radical (unpaired) electrons. The number of hydrogen-bond acceptors (Lipinski definition) is 5. The number of hydrogen-bond donors (Lipinski definition) is 0. The molecule has 1 aromatic heterocycles. The minimum Gasteiger partial charge on any atom is -0.494 e. The predicted molar refractivity (Wildman–Crippen MR) is 132 cm³/mol. The Morgan fingerprint density at radius 1 is 1.03 bits per heavy atom. The third kappa shape index (κ3) is 4.58. The van der Waals surface area contributed by atoms with Gasteiger partial charge in [0.1, 0.15) is 5.75 Å². The fraction of sp³-hybridized carbons (Fsp3) is 0.385. The molecule has 1 saturated heterocycles. The summed E-state index contributed by atoms with van der Waals surface area (Å²) in [7, 11) is 0. The molecule has 0 aliphatic carbocycles. The van der Waals surface area contributed by atoms with E-state index < -0.39 is 0 Å². The molecule has 0 spiro atoms. The van der Waals surface area contributed by atoms with E-state index in [9.17, 15) is 0 Å². The predicted octanol–water partition coefficient (Wildman–Crippen LogP) is 5.30. The van der Waals surface area contributed by atoms with Crippen LogP contribution in [0.5, 0.6) is 5.75 Å². The van der Waals surface area contributed by atoms with Crippen molar-refractivity contribution in [3.63, 3.8) is 0 Å². The Balaban J connectivity index is 1.07. The average molecular weight is 434 g/mol. The fourth-order valence-corrected chi connectivity index (χ4v) is 5.40. The van der Waals surface area contributed by atoms with Crippen molar-refractivity contribution in [3.05, 3.63) is 65.2 Å². The van der Waals surface area contributed by atoms with Gasteiger partial charge in [0.05, 0.1) is 6.61 Å². The molecule has 0 N–H and O–H groups in total. The Morgan fingerprint density at radius 3 is 2.81 bits per heavy atom. The van der Waals surface area contributed by atoms with E-state index in [-0.39, 0.29) is 0 Å². The zero-order chi connectivity index (χ0) is 21.0. The third-order valence-corrected chi connectivity index (χ3v) is 7.31. The van der Waals surface area contributed by atoms with Gasteiger partial charge in [-0.3, -0.25) is 4.90 Å². The van der Waals surface area contributed by atoms with Gasteiger partial charge >= 0.3 is 0 Å². The quantitative estimate of drug-likeness (QED) is 0.471. The second-order valence-corrected chi connectivity index (χ2v) is 9.33. The van der Waals surface area contributed by atoms with E-state index in [2.05, 4.69) is 81.7 Å². The van der Waals surface area contributed by atoms with Crippen molar-refractivity contribution in [2.75, 3.05) is 50.8 Å². The van der Waals surface area contributed by atoms with Crippen molar-refractivity contribution in [1.82, 2.24) is 9.80 Å². The van der Waals surface area contributed by atoms with Crippen molar-refractivity contribution in [1.29, 1.82) is 0 Å². The molecule has 162 valence electrons. The van der Waals surface area contributed by atoms with E-state index in [0.29, 0.717) is 0 Å². The van der Waals surface area contributed by atoms with Gasteiger partial charge in [-0.05, 0) is 72.5 Å². The lowest BCUT2D eigenvalue weighted by molar-refractivity contribution is 0.224. The number of anilines is 1. The van der Waals surface area contributed by atoms with Gasteiger partial charge in [0.2, 0.25) is 0 Å². The smallest absolute Gasteiger partial charge is 0.119 e. The van der Waals surface area contributed by atoms with E-state index in [1.165, 1.54) is 26.9 Å². The molecule has 2 aromatic carbocycles. The van der Waals surface area contributed by atoms with Crippen LogP contribution in [0.15, 0.2) is 54.0 Å². The molecule has 0 amide bonds. The molecule has 2 aliphatic heterocycles. The number of thiophene rings is 1. The van der Waals surface area contributed by atoms with Gasteiger partial charge in [-0.1, -0.05) is 12.1 Å². The largest absolute Gasteiger partial charge is 0.494 e. The highest BCUT2D eigenvalue weighted by atomic mass is 32.1. The van der Waals surface area contributed by atoms with Crippen LogP contribution >= 0.6 is 11.3 Å². The van der Waals surface area contributed by atoms with Crippen LogP contribution in [0.2, 0.25) is 0 Å². The van der Waals surface area contributed by atoms with Crippen molar-refractivity contribution in [2.24, 2.45) is 0 Å². The standard InChI is InChI=1S/C26H31N3OS/c1-2-27-12-9-21-7-8-23(19-22(21)20-27)30-17-4-11-28-13-15-29(16-14-28)25-5-3-6-26-24(25)10-18-31-26/h3,5-10,12,18-19H,2,4,11,13-17,20H2,1H3. The van der Waals surface area contributed by atoms with E-state index in [4.69, 9.17) is 4.74 Å². The number of nitrogens with zero attached hydrogens (tertiary/aromatic N) is 3. The highest BCUT2D eigenvalue weighted by Crippen LogP contribution is 2.31. The highest BCUT2D eigenvalue weighted by Gasteiger charge is 2.18. The maximum Gasteiger partial charge on any atom is 0.119 e. The molecule has 3 heterocycles. The Kier molecular flexibility index (Phi) is 6.14. The average Bonchev–Trinajstić information content (AvgIpc) is 3.31. The summed E-state index contributed by atoms with van der Waals surface area (Å²) < 4.78 is 7.47. The van der Waals surface area contributed by atoms with E-state index in [1.54, 1.807) is 0 Å². The van der Waals surface area contributed by atoms with Gasteiger partial charge < -0.3 is 14.5 Å². The molecule has 1 fully saturated rings. The normalized spacial score (nSPS) is 16.7. The third-order valence-electron chi connectivity index (χ3n) is 6.43. The first kappa shape index (κ1) is 20.4. The number of piperazine rings is 1. The van der Waals surface area contributed by atoms with E-state index in [1.807, 2.05) is 11.3 Å². The fourth-order valence-electron chi connectivity index (χ4n) is 4.59. The summed E-state index contributed by atoms with van der Waals surface area (Å²) >= 11 is 1.83. The minimum atomic E-state index is 0.778. The summed E-state index contributed by atoms with van der Waals surface area (Å²) in [6.45, 7) is 10.5. The van der Waals surface area contributed by atoms with E-state index >= 15 is 0 Å². The Morgan fingerprint density at radius 2 is 1.94 bits per heavy atom. The Labute approximate surface area is 189 Å². The van der Waals surface area contributed by atoms with Crippen LogP contribution in [-0.2, 0) is 6.54 Å². The summed E-state index contributed by atoms with van der Waals surface area (Å²) in [6, 6.07) is 15.4. The molecule has 2 aliphatic rings. The molecular formula is C26H31N3OS. The lowest BCUT2D eigenvalue weighted by Gasteiger charge is -2.36. The SMILES string of the molecule is CCN1C=Cc2ccc(OCCCN3CCN(c4cccc5sccc45)CC3)cc2C1. The molecule has 0 saturated carbocycles. The van der Waals surface area contributed by atoms with Crippen LogP contribution in [-0.4, -0.2) is 55.7 Å². The zero-order valence-electron chi connectivity index (χ0n) is 18.3. The lowest BCUT2D eigenvalue weighted by Crippen LogP contribution is -2.46. The van der Waals surface area contributed by atoms with Gasteiger partial charge in [0, 0.05) is 61.6 Å². The molecule has 0 bridgehead atoms. The first-order valence-electron chi connectivity index (χ1n) is 11.4. The number of ether oxygens (including phenoxy) is 1. The van der Waals surface area contributed by atoms with Crippen LogP contribution in [0.1, 0.15) is 24.5 Å². The molecule has 4 nitrogen and oxygen atoms in total. The van der Waals surface area contributed by atoms with Crippen molar-refractivity contribution < 1.29 is 4.74 Å². The maximum absolute atomic E-state index is 6.08. The van der Waals surface area contributed by atoms with E-state index in [0.717, 1.165) is 64.6 Å². The van der Waals surface area contributed by atoms with Crippen molar-refractivity contribution in [3.8, 4) is 5.75 Å². The highest BCUT2D eigenvalue weighted by molar-refractivity contribution is 7.17. The zero-order valence-corrected chi connectivity index (χ0v) is 19.1. The molecule has 3 aromatic rings. The summed E-state index contributed by atoms with van der Waals surface area (Å²) in [4.78, 5) is 7.44. The molecule has 5 heteroatoms. The Bertz CT molecular complexity index is 1050. The second kappa shape index (κ2) is 9.33. The molecule has 0 unspecified atom stereocenters. The number of benzene rings is 2. The van der Waals surface area contributed by atoms with Gasteiger partial charge in [-0.25, -0.2) is 0 Å². The van der Waals surface area contributed by atoms with Crippen molar-refractivity contribution >= 4 is 33.2 Å². The van der Waals surface area contributed by atoms with Gasteiger partial charge in [0.15, 0.2) is 0 Å². The van der Waals surface area contributed by atoms with Crippen LogP contribution in [0.3, 0.4) is 0 Å². The Hall–Kier alpha value is -2.50. The van der Waals surface area contributed by atoms with Crippen LogP contribution in [0.4, 0.5) is 5.69 Å². The second-order valence-electron chi connectivity index (χ2n) is 8.38. The summed E-state index contributed by atoms with van der Waals surface area (Å²) in [5.74, 6) is 0.999. The minimum absolute atomic E-state index is 0.778. The van der Waals surface area contributed by atoms with Gasteiger partial charge in [-0.2, -0.15) is 0 Å². The van der Waals surface area contributed by atoms with Crippen LogP contribution < -0.4 is 9.64 Å². The topological polar surface area (TPSA) is 19.0 Å². The van der Waals surface area contributed by atoms with Crippen LogP contribution in [0.25, 0.3) is 16.2 Å². The molecule has 0 atom stereocenters. The molecular weight excluding hydrogens is 402 g/mol. The van der Waals surface area contributed by atoms with Crippen molar-refractivity contribution in [2.45, 2.75) is 19.9 Å². The first-order valence-corrected chi connectivity index (χ1v) is 12.3. The number of fused-ring (bicyclic) bond motifs is 2. The molecule has 5 rings (SSSR count). The maximum atomic E-state index is 6.08. The number of rotatable bonds is 7.